The fourth-order valence-corrected chi connectivity index (χ4v) is 2.05. The number of hydrogen-bond donors (Lipinski definition) is 2. The SMILES string of the molecule is CC[C@H](N)C(N)=O.N#Cc1cc(F)c(F)cc1N1CCCC1. The van der Waals surface area contributed by atoms with E-state index >= 15 is 0 Å². The van der Waals surface area contributed by atoms with E-state index in [-0.39, 0.29) is 5.56 Å². The molecular weight excluding hydrogens is 290 g/mol. The van der Waals surface area contributed by atoms with Crippen LogP contribution in [-0.4, -0.2) is 25.0 Å². The van der Waals surface area contributed by atoms with Gasteiger partial charge in [0.15, 0.2) is 11.6 Å². The molecule has 0 unspecified atom stereocenters. The summed E-state index contributed by atoms with van der Waals surface area (Å²) in [5.74, 6) is -2.28. The van der Waals surface area contributed by atoms with E-state index < -0.39 is 23.6 Å². The number of benzene rings is 1. The van der Waals surface area contributed by atoms with E-state index in [1.54, 1.807) is 0 Å². The summed E-state index contributed by atoms with van der Waals surface area (Å²) in [4.78, 5) is 11.9. The molecule has 22 heavy (non-hydrogen) atoms. The van der Waals surface area contributed by atoms with Gasteiger partial charge >= 0.3 is 0 Å². The van der Waals surface area contributed by atoms with Crippen LogP contribution >= 0.6 is 0 Å². The number of primary amides is 1. The topological polar surface area (TPSA) is 96.1 Å². The predicted octanol–water partition coefficient (Wildman–Crippen LogP) is 1.65. The van der Waals surface area contributed by atoms with Crippen molar-refractivity contribution >= 4 is 11.6 Å². The molecule has 0 saturated carbocycles. The lowest BCUT2D eigenvalue weighted by Gasteiger charge is -2.18. The first-order chi connectivity index (χ1) is 10.4. The lowest BCUT2D eigenvalue weighted by Crippen LogP contribution is -2.35. The average molecular weight is 310 g/mol. The van der Waals surface area contributed by atoms with Gasteiger partial charge in [0.25, 0.3) is 0 Å². The van der Waals surface area contributed by atoms with E-state index in [0.717, 1.165) is 38.1 Å². The van der Waals surface area contributed by atoms with Crippen LogP contribution in [0.5, 0.6) is 0 Å². The molecule has 1 amide bonds. The maximum Gasteiger partial charge on any atom is 0.234 e. The molecule has 0 radical (unpaired) electrons. The molecule has 7 heteroatoms. The van der Waals surface area contributed by atoms with Gasteiger partial charge in [0.1, 0.15) is 6.07 Å². The van der Waals surface area contributed by atoms with Crippen LogP contribution in [0.3, 0.4) is 0 Å². The minimum atomic E-state index is -0.963. The van der Waals surface area contributed by atoms with Crippen LogP contribution in [0.15, 0.2) is 12.1 Å². The molecule has 1 aliphatic heterocycles. The van der Waals surface area contributed by atoms with Crippen LogP contribution in [0.1, 0.15) is 31.7 Å². The lowest BCUT2D eigenvalue weighted by atomic mass is 10.1. The highest BCUT2D eigenvalue weighted by molar-refractivity contribution is 5.79. The zero-order valence-electron chi connectivity index (χ0n) is 12.5. The molecule has 0 spiro atoms. The number of anilines is 1. The van der Waals surface area contributed by atoms with Crippen LogP contribution in [0.4, 0.5) is 14.5 Å². The maximum atomic E-state index is 13.0. The van der Waals surface area contributed by atoms with Crippen molar-refractivity contribution < 1.29 is 13.6 Å². The van der Waals surface area contributed by atoms with Gasteiger partial charge in [-0.2, -0.15) is 5.26 Å². The minimum absolute atomic E-state index is 0.204. The fourth-order valence-electron chi connectivity index (χ4n) is 2.05. The Morgan fingerprint density at radius 2 is 1.91 bits per heavy atom. The van der Waals surface area contributed by atoms with Crippen molar-refractivity contribution in [2.75, 3.05) is 18.0 Å². The Kier molecular flexibility index (Phi) is 6.73. The second-order valence-corrected chi connectivity index (χ2v) is 5.01. The van der Waals surface area contributed by atoms with Crippen LogP contribution in [0.2, 0.25) is 0 Å². The number of nitrogens with two attached hydrogens (primary N) is 2. The zero-order chi connectivity index (χ0) is 16.7. The number of nitrogens with zero attached hydrogens (tertiary/aromatic N) is 2. The Bertz CT molecular complexity index is 565. The van der Waals surface area contributed by atoms with Gasteiger partial charge in [0, 0.05) is 19.2 Å². The Balaban J connectivity index is 0.000000295. The van der Waals surface area contributed by atoms with Crippen LogP contribution in [0, 0.1) is 23.0 Å². The zero-order valence-corrected chi connectivity index (χ0v) is 12.5. The highest BCUT2D eigenvalue weighted by Crippen LogP contribution is 2.26. The lowest BCUT2D eigenvalue weighted by molar-refractivity contribution is -0.119. The highest BCUT2D eigenvalue weighted by Gasteiger charge is 2.18. The molecule has 5 nitrogen and oxygen atoms in total. The van der Waals surface area contributed by atoms with Crippen molar-refractivity contribution in [3.05, 3.63) is 29.3 Å². The van der Waals surface area contributed by atoms with Crippen molar-refractivity contribution in [1.29, 1.82) is 5.26 Å². The number of nitriles is 1. The molecule has 4 N–H and O–H groups in total. The first-order valence-electron chi connectivity index (χ1n) is 7.09. The molecule has 1 aromatic carbocycles. The van der Waals surface area contributed by atoms with Gasteiger partial charge in [-0.3, -0.25) is 4.79 Å². The molecule has 0 aromatic heterocycles. The fraction of sp³-hybridized carbons (Fsp3) is 0.467. The molecule has 0 aliphatic carbocycles. The number of carbonyl (C=O) groups excluding carboxylic acids is 1. The predicted molar refractivity (Wildman–Crippen MR) is 80.0 cm³/mol. The van der Waals surface area contributed by atoms with E-state index in [1.807, 2.05) is 17.9 Å². The Morgan fingerprint density at radius 1 is 1.36 bits per heavy atom. The third kappa shape index (κ3) is 4.67. The molecule has 120 valence electrons. The Labute approximate surface area is 128 Å². The van der Waals surface area contributed by atoms with Gasteiger partial charge in [-0.05, 0) is 25.3 Å². The number of hydrogen-bond acceptors (Lipinski definition) is 4. The van der Waals surface area contributed by atoms with E-state index in [9.17, 15) is 13.6 Å². The quantitative estimate of drug-likeness (QED) is 0.887. The van der Waals surface area contributed by atoms with E-state index in [4.69, 9.17) is 16.7 Å². The number of halogens is 2. The second-order valence-electron chi connectivity index (χ2n) is 5.01. The van der Waals surface area contributed by atoms with Crippen LogP contribution in [-0.2, 0) is 4.79 Å². The van der Waals surface area contributed by atoms with Crippen molar-refractivity contribution in [1.82, 2.24) is 0 Å². The second kappa shape index (κ2) is 8.29. The van der Waals surface area contributed by atoms with Gasteiger partial charge in [-0.15, -0.1) is 0 Å². The Morgan fingerprint density at radius 3 is 2.32 bits per heavy atom. The first kappa shape index (κ1) is 17.9. The van der Waals surface area contributed by atoms with Gasteiger partial charge < -0.3 is 16.4 Å². The summed E-state index contributed by atoms with van der Waals surface area (Å²) in [6, 6.07) is 3.51. The molecule has 2 rings (SSSR count). The maximum absolute atomic E-state index is 13.0. The molecule has 1 atom stereocenters. The minimum Gasteiger partial charge on any atom is -0.370 e. The van der Waals surface area contributed by atoms with Crippen molar-refractivity contribution in [2.45, 2.75) is 32.2 Å². The van der Waals surface area contributed by atoms with Gasteiger partial charge in [0.2, 0.25) is 5.91 Å². The van der Waals surface area contributed by atoms with Crippen molar-refractivity contribution in [3.63, 3.8) is 0 Å². The van der Waals surface area contributed by atoms with Crippen LogP contribution in [0.25, 0.3) is 0 Å². The highest BCUT2D eigenvalue weighted by atomic mass is 19.2. The van der Waals surface area contributed by atoms with Gasteiger partial charge in [-0.25, -0.2) is 8.78 Å². The van der Waals surface area contributed by atoms with E-state index in [1.165, 1.54) is 0 Å². The average Bonchev–Trinajstić information content (AvgIpc) is 3.03. The summed E-state index contributed by atoms with van der Waals surface area (Å²) in [6.45, 7) is 3.43. The molecule has 1 aromatic rings. The summed E-state index contributed by atoms with van der Waals surface area (Å²) < 4.78 is 25.9. The number of amides is 1. The van der Waals surface area contributed by atoms with Gasteiger partial charge in [-0.1, -0.05) is 6.92 Å². The smallest absolute Gasteiger partial charge is 0.234 e. The first-order valence-corrected chi connectivity index (χ1v) is 7.09. The third-order valence-electron chi connectivity index (χ3n) is 3.41. The summed E-state index contributed by atoms with van der Waals surface area (Å²) in [5, 5.41) is 8.83. The van der Waals surface area contributed by atoms with Crippen molar-refractivity contribution in [3.8, 4) is 6.07 Å². The summed E-state index contributed by atoms with van der Waals surface area (Å²) in [5.41, 5.74) is 10.6. The van der Waals surface area contributed by atoms with Gasteiger partial charge in [0.05, 0.1) is 17.3 Å². The molecule has 1 saturated heterocycles. The van der Waals surface area contributed by atoms with Crippen LogP contribution < -0.4 is 16.4 Å². The molecule has 0 bridgehead atoms. The molecule has 1 heterocycles. The number of carbonyl (C=O) groups is 1. The summed E-state index contributed by atoms with van der Waals surface area (Å²) >= 11 is 0. The van der Waals surface area contributed by atoms with E-state index in [0.29, 0.717) is 12.1 Å². The largest absolute Gasteiger partial charge is 0.370 e. The van der Waals surface area contributed by atoms with Crippen molar-refractivity contribution in [2.24, 2.45) is 11.5 Å². The molecular formula is C15H20F2N4O. The number of rotatable bonds is 3. The third-order valence-corrected chi connectivity index (χ3v) is 3.41. The molecule has 1 aliphatic rings. The van der Waals surface area contributed by atoms with E-state index in [2.05, 4.69) is 0 Å². The normalized spacial score (nSPS) is 14.8. The Hall–Kier alpha value is -2.20. The summed E-state index contributed by atoms with van der Waals surface area (Å²) in [6.07, 6.45) is 2.68. The monoisotopic (exact) mass is 310 g/mol. The molecule has 1 fully saturated rings. The summed E-state index contributed by atoms with van der Waals surface area (Å²) in [7, 11) is 0. The standard InChI is InChI=1S/C11H10F2N2.C4H10N2O/c12-9-5-8(7-14)11(6-10(9)13)15-3-1-2-4-15;1-2-3(5)4(6)7/h5-6H,1-4H2;3H,2,5H2,1H3,(H2,6,7)/t;3-/m.0/s1.